The Balaban J connectivity index is 2.51. The van der Waals surface area contributed by atoms with Crippen LogP contribution in [0.15, 0.2) is 24.3 Å². The molecule has 0 aromatic rings. The second-order valence-corrected chi connectivity index (χ2v) is 7.90. The highest BCUT2D eigenvalue weighted by molar-refractivity contribution is 5.07. The molecule has 1 rings (SSSR count). The van der Waals surface area contributed by atoms with Gasteiger partial charge in [0.15, 0.2) is 0 Å². The first kappa shape index (κ1) is 23.4. The molecule has 1 fully saturated rings. The quantitative estimate of drug-likeness (QED) is 0.477. The molecule has 2 N–H and O–H groups in total. The van der Waals surface area contributed by atoms with Gasteiger partial charge in [-0.25, -0.2) is 0 Å². The van der Waals surface area contributed by atoms with Crippen molar-refractivity contribution in [2.24, 2.45) is 11.3 Å². The summed E-state index contributed by atoms with van der Waals surface area (Å²) in [5.74, 6) is 0.465. The maximum absolute atomic E-state index is 10.5. The van der Waals surface area contributed by atoms with Crippen LogP contribution in [0.1, 0.15) is 65.2 Å². The molecule has 0 aromatic heterocycles. The van der Waals surface area contributed by atoms with Crippen molar-refractivity contribution in [1.82, 2.24) is 0 Å². The van der Waals surface area contributed by atoms with E-state index in [1.807, 2.05) is 6.92 Å². The molecule has 0 heterocycles. The maximum atomic E-state index is 10.5. The Morgan fingerprint density at radius 2 is 2.04 bits per heavy atom. The summed E-state index contributed by atoms with van der Waals surface area (Å²) >= 11 is 0. The summed E-state index contributed by atoms with van der Waals surface area (Å²) in [5.41, 5.74) is 1.28. The molecule has 0 amide bonds. The predicted molar refractivity (Wildman–Crippen MR) is 107 cm³/mol. The standard InChI is InChI=1S/C22H40O4/c1-6-19-12-13-21(26-5)22(19,3)15-14-20(24)11-7-9-18(10-8-16-23)17(2)25-4/h6,9,17,19-21,23-24H,1,7-8,10-16H2,2-5H3/b18-9+/t17?,19-,20?,21+,22+/m1/s1. The lowest BCUT2D eigenvalue weighted by atomic mass is 9.74. The van der Waals surface area contributed by atoms with Crippen molar-refractivity contribution in [2.45, 2.75) is 83.5 Å². The minimum Gasteiger partial charge on any atom is -0.396 e. The van der Waals surface area contributed by atoms with E-state index in [1.54, 1.807) is 14.2 Å². The third kappa shape index (κ3) is 6.49. The molecule has 4 heteroatoms. The summed E-state index contributed by atoms with van der Waals surface area (Å²) in [7, 11) is 3.50. The lowest BCUT2D eigenvalue weighted by Gasteiger charge is -2.35. The molecule has 2 unspecified atom stereocenters. The van der Waals surface area contributed by atoms with Gasteiger partial charge in [-0.15, -0.1) is 6.58 Å². The Bertz CT molecular complexity index is 434. The molecule has 1 saturated carbocycles. The van der Waals surface area contributed by atoms with Gasteiger partial charge in [-0.3, -0.25) is 0 Å². The average molecular weight is 369 g/mol. The van der Waals surface area contributed by atoms with Gasteiger partial charge in [-0.2, -0.15) is 0 Å². The van der Waals surface area contributed by atoms with Crippen molar-refractivity contribution in [1.29, 1.82) is 0 Å². The predicted octanol–water partition coefficient (Wildman–Crippen LogP) is 4.26. The second-order valence-electron chi connectivity index (χ2n) is 7.90. The first-order valence-electron chi connectivity index (χ1n) is 10.1. The number of hydrogen-bond donors (Lipinski definition) is 2. The number of allylic oxidation sites excluding steroid dienone is 2. The van der Waals surface area contributed by atoms with Gasteiger partial charge in [0.2, 0.25) is 0 Å². The smallest absolute Gasteiger partial charge is 0.0753 e. The fourth-order valence-corrected chi connectivity index (χ4v) is 4.34. The maximum Gasteiger partial charge on any atom is 0.0753 e. The molecule has 0 bridgehead atoms. The summed E-state index contributed by atoms with van der Waals surface area (Å²) in [4.78, 5) is 0. The lowest BCUT2D eigenvalue weighted by molar-refractivity contribution is -0.00491. The molecule has 26 heavy (non-hydrogen) atoms. The molecule has 1 aliphatic rings. The van der Waals surface area contributed by atoms with E-state index in [2.05, 4.69) is 25.7 Å². The fourth-order valence-electron chi connectivity index (χ4n) is 4.34. The van der Waals surface area contributed by atoms with Crippen LogP contribution < -0.4 is 0 Å². The van der Waals surface area contributed by atoms with E-state index in [0.717, 1.165) is 51.4 Å². The molecular weight excluding hydrogens is 328 g/mol. The Labute approximate surface area is 160 Å². The zero-order valence-corrected chi connectivity index (χ0v) is 17.2. The summed E-state index contributed by atoms with van der Waals surface area (Å²) in [6, 6.07) is 0. The fraction of sp³-hybridized carbons (Fsp3) is 0.818. The van der Waals surface area contributed by atoms with Crippen LogP contribution in [0.4, 0.5) is 0 Å². The van der Waals surface area contributed by atoms with Crippen molar-refractivity contribution < 1.29 is 19.7 Å². The minimum absolute atomic E-state index is 0.0619. The molecule has 0 aliphatic heterocycles. The Morgan fingerprint density at radius 3 is 2.62 bits per heavy atom. The van der Waals surface area contributed by atoms with E-state index >= 15 is 0 Å². The van der Waals surface area contributed by atoms with Gasteiger partial charge in [0.25, 0.3) is 0 Å². The van der Waals surface area contributed by atoms with Crippen LogP contribution in [-0.2, 0) is 9.47 Å². The zero-order chi connectivity index (χ0) is 19.6. The molecule has 5 atom stereocenters. The van der Waals surface area contributed by atoms with Crippen LogP contribution in [0.3, 0.4) is 0 Å². The molecule has 4 nitrogen and oxygen atoms in total. The summed E-state index contributed by atoms with van der Waals surface area (Å²) < 4.78 is 11.1. The van der Waals surface area contributed by atoms with E-state index < -0.39 is 0 Å². The van der Waals surface area contributed by atoms with Crippen molar-refractivity contribution in [3.05, 3.63) is 24.3 Å². The van der Waals surface area contributed by atoms with Gasteiger partial charge in [0.1, 0.15) is 0 Å². The SMILES string of the molecule is C=C[C@@H]1CC[C@H](OC)[C@@]1(C)CCC(O)CC/C=C(\CCCO)C(C)OC. The summed E-state index contributed by atoms with van der Waals surface area (Å²) in [6.45, 7) is 8.50. The zero-order valence-electron chi connectivity index (χ0n) is 17.2. The van der Waals surface area contributed by atoms with Gasteiger partial charge in [0.05, 0.1) is 18.3 Å². The number of aliphatic hydroxyl groups excluding tert-OH is 2. The highest BCUT2D eigenvalue weighted by atomic mass is 16.5. The van der Waals surface area contributed by atoms with Crippen LogP contribution in [0, 0.1) is 11.3 Å². The Morgan fingerprint density at radius 1 is 1.31 bits per heavy atom. The van der Waals surface area contributed by atoms with Gasteiger partial charge >= 0.3 is 0 Å². The first-order chi connectivity index (χ1) is 12.4. The Hall–Kier alpha value is -0.680. The highest BCUT2D eigenvalue weighted by Gasteiger charge is 2.45. The van der Waals surface area contributed by atoms with Crippen LogP contribution in [0.25, 0.3) is 0 Å². The van der Waals surface area contributed by atoms with Crippen molar-refractivity contribution >= 4 is 0 Å². The highest BCUT2D eigenvalue weighted by Crippen LogP contribution is 2.48. The lowest BCUT2D eigenvalue weighted by Crippen LogP contribution is -2.34. The van der Waals surface area contributed by atoms with E-state index in [-0.39, 0.29) is 30.3 Å². The van der Waals surface area contributed by atoms with Gasteiger partial charge < -0.3 is 19.7 Å². The molecular formula is C22H40O4. The molecule has 0 radical (unpaired) electrons. The minimum atomic E-state index is -0.302. The summed E-state index contributed by atoms with van der Waals surface area (Å²) in [5, 5.41) is 19.5. The third-order valence-electron chi connectivity index (χ3n) is 6.31. The van der Waals surface area contributed by atoms with Gasteiger partial charge in [0, 0.05) is 26.2 Å². The van der Waals surface area contributed by atoms with Crippen molar-refractivity contribution in [3.8, 4) is 0 Å². The molecule has 0 spiro atoms. The topological polar surface area (TPSA) is 58.9 Å². The molecule has 1 aliphatic carbocycles. The molecule has 152 valence electrons. The first-order valence-corrected chi connectivity index (χ1v) is 10.1. The number of ether oxygens (including phenoxy) is 2. The van der Waals surface area contributed by atoms with Crippen molar-refractivity contribution in [2.75, 3.05) is 20.8 Å². The van der Waals surface area contributed by atoms with E-state index in [1.165, 1.54) is 5.57 Å². The largest absolute Gasteiger partial charge is 0.396 e. The van der Waals surface area contributed by atoms with Crippen LogP contribution in [0.5, 0.6) is 0 Å². The number of hydrogen-bond acceptors (Lipinski definition) is 4. The number of aliphatic hydroxyl groups is 2. The van der Waals surface area contributed by atoms with Crippen molar-refractivity contribution in [3.63, 3.8) is 0 Å². The van der Waals surface area contributed by atoms with Crippen LogP contribution in [-0.4, -0.2) is 49.4 Å². The van der Waals surface area contributed by atoms with E-state index in [4.69, 9.17) is 14.6 Å². The number of rotatable bonds is 13. The van der Waals surface area contributed by atoms with Gasteiger partial charge in [-0.05, 0) is 69.8 Å². The molecule has 0 aromatic carbocycles. The Kier molecular flexibility index (Phi) is 10.7. The van der Waals surface area contributed by atoms with Crippen LogP contribution in [0.2, 0.25) is 0 Å². The molecule has 0 saturated heterocycles. The van der Waals surface area contributed by atoms with Gasteiger partial charge in [-0.1, -0.05) is 19.1 Å². The summed E-state index contributed by atoms with van der Waals surface area (Å²) in [6.07, 6.45) is 11.4. The number of methoxy groups -OCH3 is 2. The third-order valence-corrected chi connectivity index (χ3v) is 6.31. The normalized spacial score (nSPS) is 28.9. The van der Waals surface area contributed by atoms with E-state index in [0.29, 0.717) is 5.92 Å². The average Bonchev–Trinajstić information content (AvgIpc) is 2.97. The van der Waals surface area contributed by atoms with Crippen LogP contribution >= 0.6 is 0 Å². The second kappa shape index (κ2) is 11.9. The monoisotopic (exact) mass is 368 g/mol. The van der Waals surface area contributed by atoms with E-state index in [9.17, 15) is 5.11 Å².